The zero-order valence-corrected chi connectivity index (χ0v) is 12.4. The van der Waals surface area contributed by atoms with Crippen molar-refractivity contribution in [1.82, 2.24) is 15.0 Å². The zero-order valence-electron chi connectivity index (χ0n) is 12.4. The third kappa shape index (κ3) is 3.18. The average Bonchev–Trinajstić information content (AvgIpc) is 2.99. The molecule has 3 rings (SSSR count). The van der Waals surface area contributed by atoms with Gasteiger partial charge in [0.05, 0.1) is 23.9 Å². The fourth-order valence-electron chi connectivity index (χ4n) is 2.27. The zero-order chi connectivity index (χ0) is 17.1. The van der Waals surface area contributed by atoms with E-state index >= 15 is 0 Å². The highest BCUT2D eigenvalue weighted by atomic mass is 19.2. The van der Waals surface area contributed by atoms with Crippen LogP contribution in [-0.4, -0.2) is 27.3 Å². The summed E-state index contributed by atoms with van der Waals surface area (Å²) in [6.45, 7) is 0.590. The van der Waals surface area contributed by atoms with Crippen molar-refractivity contribution in [3.05, 3.63) is 59.9 Å². The number of halogens is 2. The number of benzene rings is 2. The number of imidazole rings is 1. The number of hydrogen-bond acceptors (Lipinski definition) is 4. The maximum Gasteiger partial charge on any atom is 0.274 e. The van der Waals surface area contributed by atoms with E-state index in [0.717, 1.165) is 12.1 Å². The fourth-order valence-corrected chi connectivity index (χ4v) is 2.27. The van der Waals surface area contributed by atoms with E-state index in [4.69, 9.17) is 9.94 Å². The number of carbonyl (C=O) groups is 1. The van der Waals surface area contributed by atoms with Crippen LogP contribution >= 0.6 is 0 Å². The van der Waals surface area contributed by atoms with Crippen molar-refractivity contribution in [2.45, 2.75) is 6.54 Å². The standard InChI is InChI=1S/C16H13F2N3O3/c17-12-3-2-11(8-13(12)18)24-6-5-21-9-19-14-4-1-10(7-15(14)21)16(22)20-23/h1-4,7-9,23H,5-6H2,(H,20,22). The number of hydrogen-bond donors (Lipinski definition) is 2. The molecule has 0 saturated carbocycles. The summed E-state index contributed by atoms with van der Waals surface area (Å²) in [5.74, 6) is -2.31. The SMILES string of the molecule is O=C(NO)c1ccc2ncn(CCOc3ccc(F)c(F)c3)c2c1. The lowest BCUT2D eigenvalue weighted by atomic mass is 10.2. The molecule has 3 aromatic rings. The van der Waals surface area contributed by atoms with Gasteiger partial charge in [-0.1, -0.05) is 0 Å². The van der Waals surface area contributed by atoms with Gasteiger partial charge in [-0.05, 0) is 30.3 Å². The topological polar surface area (TPSA) is 76.4 Å². The highest BCUT2D eigenvalue weighted by Crippen LogP contribution is 2.17. The first kappa shape index (κ1) is 15.9. The Balaban J connectivity index is 1.72. The maximum atomic E-state index is 13.1. The first-order valence-electron chi connectivity index (χ1n) is 7.05. The van der Waals surface area contributed by atoms with Gasteiger partial charge < -0.3 is 9.30 Å². The second kappa shape index (κ2) is 6.63. The van der Waals surface area contributed by atoms with Crippen LogP contribution in [0.5, 0.6) is 5.75 Å². The Morgan fingerprint density at radius 1 is 1.21 bits per heavy atom. The Labute approximate surface area is 135 Å². The molecule has 2 aromatic carbocycles. The fraction of sp³-hybridized carbons (Fsp3) is 0.125. The molecular formula is C16H13F2N3O3. The van der Waals surface area contributed by atoms with E-state index < -0.39 is 17.5 Å². The number of ether oxygens (including phenoxy) is 1. The van der Waals surface area contributed by atoms with Gasteiger partial charge in [-0.3, -0.25) is 10.0 Å². The van der Waals surface area contributed by atoms with Crippen molar-refractivity contribution in [3.8, 4) is 5.75 Å². The van der Waals surface area contributed by atoms with Crippen LogP contribution in [0.15, 0.2) is 42.7 Å². The van der Waals surface area contributed by atoms with Crippen LogP contribution in [0.3, 0.4) is 0 Å². The van der Waals surface area contributed by atoms with E-state index in [9.17, 15) is 13.6 Å². The summed E-state index contributed by atoms with van der Waals surface area (Å²) in [4.78, 5) is 15.7. The van der Waals surface area contributed by atoms with Crippen LogP contribution in [0.25, 0.3) is 11.0 Å². The highest BCUT2D eigenvalue weighted by molar-refractivity contribution is 5.96. The second-order valence-electron chi connectivity index (χ2n) is 5.01. The summed E-state index contributed by atoms with van der Waals surface area (Å²) in [5, 5.41) is 8.69. The summed E-state index contributed by atoms with van der Waals surface area (Å²) in [5.41, 5.74) is 3.22. The van der Waals surface area contributed by atoms with E-state index in [1.807, 2.05) is 0 Å². The lowest BCUT2D eigenvalue weighted by Crippen LogP contribution is -2.18. The van der Waals surface area contributed by atoms with Crippen molar-refractivity contribution in [3.63, 3.8) is 0 Å². The van der Waals surface area contributed by atoms with E-state index in [1.165, 1.54) is 6.07 Å². The maximum absolute atomic E-state index is 13.1. The number of aromatic nitrogens is 2. The minimum atomic E-state index is -0.972. The molecule has 0 unspecified atom stereocenters. The van der Waals surface area contributed by atoms with Crippen molar-refractivity contribution in [2.75, 3.05) is 6.61 Å². The molecule has 0 saturated heterocycles. The van der Waals surface area contributed by atoms with Gasteiger partial charge in [-0.25, -0.2) is 19.2 Å². The molecule has 124 valence electrons. The van der Waals surface area contributed by atoms with Gasteiger partial charge in [-0.15, -0.1) is 0 Å². The van der Waals surface area contributed by atoms with Crippen LogP contribution in [0.1, 0.15) is 10.4 Å². The van der Waals surface area contributed by atoms with Crippen molar-refractivity contribution in [2.24, 2.45) is 0 Å². The smallest absolute Gasteiger partial charge is 0.274 e. The summed E-state index contributed by atoms with van der Waals surface area (Å²) in [7, 11) is 0. The number of hydroxylamine groups is 1. The number of amides is 1. The molecule has 1 aromatic heterocycles. The third-order valence-corrected chi connectivity index (χ3v) is 3.48. The first-order chi connectivity index (χ1) is 11.6. The predicted molar refractivity (Wildman–Crippen MR) is 80.8 cm³/mol. The number of fused-ring (bicyclic) bond motifs is 1. The van der Waals surface area contributed by atoms with Gasteiger partial charge in [0, 0.05) is 11.6 Å². The first-order valence-corrected chi connectivity index (χ1v) is 7.05. The quantitative estimate of drug-likeness (QED) is 0.556. The molecule has 0 radical (unpaired) electrons. The van der Waals surface area contributed by atoms with Crippen molar-refractivity contribution in [1.29, 1.82) is 0 Å². The highest BCUT2D eigenvalue weighted by Gasteiger charge is 2.09. The molecule has 24 heavy (non-hydrogen) atoms. The van der Waals surface area contributed by atoms with Crippen LogP contribution in [-0.2, 0) is 6.54 Å². The number of nitrogens with zero attached hydrogens (tertiary/aromatic N) is 2. The molecular weight excluding hydrogens is 320 g/mol. The van der Waals surface area contributed by atoms with Crippen molar-refractivity contribution < 1.29 is 23.5 Å². The molecule has 0 aliphatic rings. The summed E-state index contributed by atoms with van der Waals surface area (Å²) in [6.07, 6.45) is 1.58. The van der Waals surface area contributed by atoms with E-state index in [-0.39, 0.29) is 17.9 Å². The molecule has 0 aliphatic carbocycles. The summed E-state index contributed by atoms with van der Waals surface area (Å²) < 4.78 is 33.1. The minimum absolute atomic E-state index is 0.201. The third-order valence-electron chi connectivity index (χ3n) is 3.48. The average molecular weight is 333 g/mol. The molecule has 6 nitrogen and oxygen atoms in total. The van der Waals surface area contributed by atoms with Crippen LogP contribution in [0.2, 0.25) is 0 Å². The molecule has 1 heterocycles. The second-order valence-corrected chi connectivity index (χ2v) is 5.01. The Kier molecular flexibility index (Phi) is 4.39. The normalized spacial score (nSPS) is 10.8. The van der Waals surface area contributed by atoms with Gasteiger partial charge in [0.15, 0.2) is 11.6 Å². The molecule has 1 amide bonds. The Morgan fingerprint density at radius 3 is 2.79 bits per heavy atom. The van der Waals surface area contributed by atoms with Gasteiger partial charge in [0.1, 0.15) is 12.4 Å². The Morgan fingerprint density at radius 2 is 2.04 bits per heavy atom. The predicted octanol–water partition coefficient (Wildman–Crippen LogP) is 2.51. The summed E-state index contributed by atoms with van der Waals surface area (Å²) in [6, 6.07) is 8.11. The lowest BCUT2D eigenvalue weighted by molar-refractivity contribution is 0.0706. The molecule has 2 N–H and O–H groups in total. The van der Waals surface area contributed by atoms with Gasteiger partial charge in [0.25, 0.3) is 5.91 Å². The number of nitrogens with one attached hydrogen (secondary N) is 1. The van der Waals surface area contributed by atoms with Crippen molar-refractivity contribution >= 4 is 16.9 Å². The van der Waals surface area contributed by atoms with Crippen LogP contribution < -0.4 is 10.2 Å². The molecule has 0 bridgehead atoms. The Bertz CT molecular complexity index is 895. The van der Waals surface area contributed by atoms with E-state index in [1.54, 1.807) is 34.6 Å². The lowest BCUT2D eigenvalue weighted by Gasteiger charge is -2.08. The van der Waals surface area contributed by atoms with Crippen LogP contribution in [0.4, 0.5) is 8.78 Å². The van der Waals surface area contributed by atoms with Crippen LogP contribution in [0, 0.1) is 11.6 Å². The largest absolute Gasteiger partial charge is 0.492 e. The molecule has 0 spiro atoms. The van der Waals surface area contributed by atoms with E-state index in [0.29, 0.717) is 17.6 Å². The molecule has 8 heteroatoms. The minimum Gasteiger partial charge on any atom is -0.492 e. The summed E-state index contributed by atoms with van der Waals surface area (Å²) >= 11 is 0. The molecule has 0 aliphatic heterocycles. The van der Waals surface area contributed by atoms with E-state index in [2.05, 4.69) is 4.98 Å². The number of rotatable bonds is 5. The number of carbonyl (C=O) groups excluding carboxylic acids is 1. The molecule has 0 atom stereocenters. The molecule has 0 fully saturated rings. The van der Waals surface area contributed by atoms with Gasteiger partial charge in [0.2, 0.25) is 0 Å². The van der Waals surface area contributed by atoms with Gasteiger partial charge in [-0.2, -0.15) is 0 Å². The Hall–Kier alpha value is -3.00. The monoisotopic (exact) mass is 333 g/mol. The van der Waals surface area contributed by atoms with Gasteiger partial charge >= 0.3 is 0 Å².